The maximum atomic E-state index is 12.4. The van der Waals surface area contributed by atoms with E-state index in [-0.39, 0.29) is 5.03 Å². The van der Waals surface area contributed by atoms with E-state index in [1.165, 1.54) is 6.20 Å². The van der Waals surface area contributed by atoms with Gasteiger partial charge in [0, 0.05) is 79.0 Å². The number of aromatic nitrogens is 5. The zero-order valence-corrected chi connectivity index (χ0v) is 22.7. The summed E-state index contributed by atoms with van der Waals surface area (Å²) in [6.07, 6.45) is 13.5. The fraction of sp³-hybridized carbons (Fsp3) is 0.0968. The molecule has 2 aromatic carbocycles. The summed E-state index contributed by atoms with van der Waals surface area (Å²) in [5.74, 6) is 0. The van der Waals surface area contributed by atoms with Crippen LogP contribution in [0.4, 0.5) is 11.4 Å². The Kier molecular flexibility index (Phi) is 6.57. The van der Waals surface area contributed by atoms with Gasteiger partial charge in [0.25, 0.3) is 0 Å². The topological polar surface area (TPSA) is 93.9 Å². The van der Waals surface area contributed by atoms with Crippen LogP contribution in [0, 0.1) is 0 Å². The van der Waals surface area contributed by atoms with Gasteiger partial charge in [-0.15, -0.1) is 6.58 Å². The number of benzene rings is 2. The lowest BCUT2D eigenvalue weighted by Gasteiger charge is -2.26. The number of sulfone groups is 1. The van der Waals surface area contributed by atoms with Gasteiger partial charge in [-0.05, 0) is 59.0 Å². The highest BCUT2D eigenvalue weighted by atomic mass is 32.2. The van der Waals surface area contributed by atoms with Gasteiger partial charge in [0.15, 0.2) is 14.9 Å². The van der Waals surface area contributed by atoms with Crippen LogP contribution in [-0.2, 0) is 22.9 Å². The Hall–Kier alpha value is -4.89. The second-order valence-electron chi connectivity index (χ2n) is 9.52. The molecular weight excluding hydrogens is 520 g/mol. The number of nitrogens with zero attached hydrogens (tertiary/aromatic N) is 6. The molecule has 0 fully saturated rings. The van der Waals surface area contributed by atoms with Crippen molar-refractivity contribution < 1.29 is 8.42 Å². The van der Waals surface area contributed by atoms with Gasteiger partial charge in [0.1, 0.15) is 0 Å². The Balaban J connectivity index is 1.57. The third-order valence-corrected chi connectivity index (χ3v) is 7.74. The number of rotatable bonds is 8. The molecule has 0 aliphatic heterocycles. The number of anilines is 2. The maximum Gasteiger partial charge on any atom is 0.192 e. The van der Waals surface area contributed by atoms with Crippen LogP contribution in [0.25, 0.3) is 33.1 Å². The van der Waals surface area contributed by atoms with Crippen molar-refractivity contribution in [2.24, 2.45) is 0 Å². The summed E-state index contributed by atoms with van der Waals surface area (Å²) in [5.41, 5.74) is 7.00. The fourth-order valence-electron chi connectivity index (χ4n) is 4.86. The highest BCUT2D eigenvalue weighted by molar-refractivity contribution is 7.90. The van der Waals surface area contributed by atoms with Crippen molar-refractivity contribution in [2.45, 2.75) is 18.1 Å². The molecule has 6 aromatic rings. The van der Waals surface area contributed by atoms with Gasteiger partial charge in [0.05, 0.1) is 11.0 Å². The zero-order chi connectivity index (χ0) is 27.7. The average Bonchev–Trinajstić information content (AvgIpc) is 3.37. The summed E-state index contributed by atoms with van der Waals surface area (Å²) in [5, 5.41) is 1.15. The predicted molar refractivity (Wildman–Crippen MR) is 158 cm³/mol. The normalized spacial score (nSPS) is 11.6. The van der Waals surface area contributed by atoms with E-state index >= 15 is 0 Å². The smallest absolute Gasteiger partial charge is 0.192 e. The third kappa shape index (κ3) is 4.94. The fourth-order valence-corrected chi connectivity index (χ4v) is 5.45. The van der Waals surface area contributed by atoms with Gasteiger partial charge in [-0.1, -0.05) is 24.3 Å². The van der Waals surface area contributed by atoms with E-state index in [9.17, 15) is 8.42 Å². The summed E-state index contributed by atoms with van der Waals surface area (Å²) >= 11 is 0. The molecule has 9 heteroatoms. The van der Waals surface area contributed by atoms with E-state index in [2.05, 4.69) is 67.6 Å². The van der Waals surface area contributed by atoms with Gasteiger partial charge in [0.2, 0.25) is 0 Å². The maximum absolute atomic E-state index is 12.4. The Morgan fingerprint density at radius 1 is 0.925 bits per heavy atom. The Morgan fingerprint density at radius 2 is 1.80 bits per heavy atom. The van der Waals surface area contributed by atoms with Crippen molar-refractivity contribution in [3.63, 3.8) is 0 Å². The van der Waals surface area contributed by atoms with Gasteiger partial charge in [-0.3, -0.25) is 15.0 Å². The van der Waals surface area contributed by atoms with Crippen LogP contribution < -0.4 is 4.90 Å². The molecule has 0 saturated carbocycles. The first-order valence-electron chi connectivity index (χ1n) is 12.7. The lowest BCUT2D eigenvalue weighted by Crippen LogP contribution is -2.17. The monoisotopic (exact) mass is 546 g/mol. The lowest BCUT2D eigenvalue weighted by atomic mass is 10.0. The number of pyridine rings is 2. The first-order chi connectivity index (χ1) is 19.4. The second kappa shape index (κ2) is 10.3. The van der Waals surface area contributed by atoms with Crippen molar-refractivity contribution >= 4 is 43.1 Å². The highest BCUT2D eigenvalue weighted by Gasteiger charge is 2.19. The van der Waals surface area contributed by atoms with Gasteiger partial charge >= 0.3 is 0 Å². The SMILES string of the molecule is C=CCn1ccc2ccc(-c3cc(N(Cc4cccnc4)c4ccnc(S(C)(=O)=O)c4)cc4nccnc34)cc21. The van der Waals surface area contributed by atoms with Crippen LogP contribution in [0.3, 0.4) is 0 Å². The minimum Gasteiger partial charge on any atom is -0.344 e. The number of allylic oxidation sites excluding steroid dienone is 1. The molecule has 0 saturated heterocycles. The molecule has 8 nitrogen and oxygen atoms in total. The molecule has 0 atom stereocenters. The van der Waals surface area contributed by atoms with Crippen molar-refractivity contribution in [1.82, 2.24) is 24.5 Å². The van der Waals surface area contributed by atoms with Gasteiger partial charge < -0.3 is 9.47 Å². The van der Waals surface area contributed by atoms with Crippen LogP contribution >= 0.6 is 0 Å². The summed E-state index contributed by atoms with van der Waals surface area (Å²) in [6.45, 7) is 5.05. The molecule has 0 bridgehead atoms. The Bertz CT molecular complexity index is 1970. The van der Waals surface area contributed by atoms with E-state index in [0.717, 1.165) is 50.6 Å². The van der Waals surface area contributed by atoms with E-state index in [1.54, 1.807) is 36.9 Å². The van der Waals surface area contributed by atoms with E-state index in [1.807, 2.05) is 29.2 Å². The molecule has 4 heterocycles. The summed E-state index contributed by atoms with van der Waals surface area (Å²) < 4.78 is 26.9. The van der Waals surface area contributed by atoms with E-state index < -0.39 is 9.84 Å². The molecule has 0 unspecified atom stereocenters. The van der Waals surface area contributed by atoms with Crippen molar-refractivity contribution in [1.29, 1.82) is 0 Å². The molecule has 4 aromatic heterocycles. The van der Waals surface area contributed by atoms with Gasteiger partial charge in [-0.2, -0.15) is 0 Å². The number of hydrogen-bond donors (Lipinski definition) is 0. The molecule has 0 N–H and O–H groups in total. The zero-order valence-electron chi connectivity index (χ0n) is 21.8. The first kappa shape index (κ1) is 25.4. The minimum absolute atomic E-state index is 0.00965. The summed E-state index contributed by atoms with van der Waals surface area (Å²) in [4.78, 5) is 19.7. The Labute approximate surface area is 232 Å². The second-order valence-corrected chi connectivity index (χ2v) is 11.5. The van der Waals surface area contributed by atoms with Crippen molar-refractivity contribution in [2.75, 3.05) is 11.2 Å². The molecule has 0 aliphatic rings. The highest BCUT2D eigenvalue weighted by Crippen LogP contribution is 2.37. The van der Waals surface area contributed by atoms with Gasteiger partial charge in [-0.25, -0.2) is 13.4 Å². The Morgan fingerprint density at radius 3 is 2.60 bits per heavy atom. The molecule has 0 amide bonds. The largest absolute Gasteiger partial charge is 0.344 e. The average molecular weight is 547 g/mol. The minimum atomic E-state index is -3.51. The van der Waals surface area contributed by atoms with Crippen LogP contribution in [0.2, 0.25) is 0 Å². The van der Waals surface area contributed by atoms with Crippen molar-refractivity contribution in [3.05, 3.63) is 116 Å². The van der Waals surface area contributed by atoms with Crippen LogP contribution in [0.15, 0.2) is 116 Å². The lowest BCUT2D eigenvalue weighted by molar-refractivity contribution is 0.598. The molecule has 0 aliphatic carbocycles. The third-order valence-electron chi connectivity index (χ3n) is 6.75. The van der Waals surface area contributed by atoms with Crippen molar-refractivity contribution in [3.8, 4) is 11.1 Å². The molecule has 40 heavy (non-hydrogen) atoms. The molecule has 6 rings (SSSR count). The number of fused-ring (bicyclic) bond motifs is 2. The standard InChI is InChI=1S/C31H26N6O2S/c1-3-14-36-15-9-23-6-7-24(16-29(23)36)27-17-26(18-28-31(27)35-13-12-33-28)37(21-22-5-4-10-32-20-22)25-8-11-34-30(19-25)40(2,38)39/h3-13,15-20H,1,14,21H2,2H3. The molecule has 0 spiro atoms. The number of hydrogen-bond acceptors (Lipinski definition) is 7. The van der Waals surface area contributed by atoms with E-state index in [4.69, 9.17) is 0 Å². The summed E-state index contributed by atoms with van der Waals surface area (Å²) in [6, 6.07) is 19.8. The predicted octanol–water partition coefficient (Wildman–Crippen LogP) is 5.97. The van der Waals surface area contributed by atoms with Crippen LogP contribution in [-0.4, -0.2) is 39.2 Å². The first-order valence-corrected chi connectivity index (χ1v) is 14.6. The summed E-state index contributed by atoms with van der Waals surface area (Å²) in [7, 11) is -3.51. The van der Waals surface area contributed by atoms with Crippen LogP contribution in [0.1, 0.15) is 5.56 Å². The molecular formula is C31H26N6O2S. The molecule has 198 valence electrons. The quantitative estimate of drug-likeness (QED) is 0.217. The van der Waals surface area contributed by atoms with Crippen LogP contribution in [0.5, 0.6) is 0 Å². The molecule has 0 radical (unpaired) electrons. The van der Waals surface area contributed by atoms with E-state index in [0.29, 0.717) is 18.8 Å².